The molecule has 0 aliphatic rings. The monoisotopic (exact) mass is 331 g/mol. The van der Waals surface area contributed by atoms with Crippen LogP contribution in [0.4, 0.5) is 5.69 Å². The molecule has 0 saturated carbocycles. The highest BCUT2D eigenvalue weighted by Gasteiger charge is 2.09. The number of amides is 1. The molecule has 0 fully saturated rings. The maximum Gasteiger partial charge on any atom is 0.234 e. The number of carbonyl (C=O) groups is 1. The first-order valence-corrected chi connectivity index (χ1v) is 8.11. The van der Waals surface area contributed by atoms with Gasteiger partial charge in [-0.2, -0.15) is 0 Å². The lowest BCUT2D eigenvalue weighted by Gasteiger charge is -2.08. The summed E-state index contributed by atoms with van der Waals surface area (Å²) in [7, 11) is 0. The number of aryl methyl sites for hydroxylation is 1. The first-order valence-electron chi connectivity index (χ1n) is 6.74. The predicted molar refractivity (Wildman–Crippen MR) is 90.7 cm³/mol. The van der Waals surface area contributed by atoms with E-state index in [0.717, 1.165) is 21.9 Å². The Morgan fingerprint density at radius 1 is 1.36 bits per heavy atom. The lowest BCUT2D eigenvalue weighted by molar-refractivity contribution is -0.113. The molecule has 112 valence electrons. The topological polar surface area (TPSA) is 46.4 Å². The number of aromatic nitrogens is 2. The zero-order chi connectivity index (χ0) is 15.5. The first-order chi connectivity index (χ1) is 10.6. The number of thioether (sulfide) groups is 1. The Hall–Kier alpha value is -1.98. The zero-order valence-electron chi connectivity index (χ0n) is 11.9. The molecule has 0 saturated heterocycles. The van der Waals surface area contributed by atoms with E-state index in [1.165, 1.54) is 11.8 Å². The third-order valence-corrected chi connectivity index (χ3v) is 4.40. The molecule has 22 heavy (non-hydrogen) atoms. The quantitative estimate of drug-likeness (QED) is 0.734. The third kappa shape index (κ3) is 3.26. The maximum absolute atomic E-state index is 12.1. The van der Waals surface area contributed by atoms with Crippen molar-refractivity contribution in [2.75, 3.05) is 11.1 Å². The number of halogens is 1. The molecule has 2 aromatic heterocycles. The molecule has 0 spiro atoms. The molecule has 0 aliphatic heterocycles. The lowest BCUT2D eigenvalue weighted by Crippen LogP contribution is -2.15. The van der Waals surface area contributed by atoms with Crippen LogP contribution >= 0.6 is 23.4 Å². The Labute approximate surface area is 137 Å². The molecule has 0 aliphatic carbocycles. The molecule has 3 aromatic rings. The van der Waals surface area contributed by atoms with Crippen LogP contribution in [-0.2, 0) is 4.79 Å². The molecule has 0 atom stereocenters. The SMILES string of the molecule is Cc1cc(Cl)ccc1NC(=O)CSc1ncc2ccccn12. The number of hydrogen-bond donors (Lipinski definition) is 1. The molecule has 0 radical (unpaired) electrons. The smallest absolute Gasteiger partial charge is 0.234 e. The van der Waals surface area contributed by atoms with E-state index in [4.69, 9.17) is 11.6 Å². The number of nitrogens with zero attached hydrogens (tertiary/aromatic N) is 2. The molecule has 1 amide bonds. The summed E-state index contributed by atoms with van der Waals surface area (Å²) in [6.07, 6.45) is 3.73. The second kappa shape index (κ2) is 6.42. The van der Waals surface area contributed by atoms with Gasteiger partial charge in [-0.25, -0.2) is 4.98 Å². The van der Waals surface area contributed by atoms with E-state index in [2.05, 4.69) is 10.3 Å². The van der Waals surface area contributed by atoms with Crippen LogP contribution in [0.5, 0.6) is 0 Å². The minimum atomic E-state index is -0.0666. The van der Waals surface area contributed by atoms with Gasteiger partial charge in [-0.05, 0) is 42.8 Å². The van der Waals surface area contributed by atoms with Crippen molar-refractivity contribution in [3.05, 3.63) is 59.4 Å². The molecule has 4 nitrogen and oxygen atoms in total. The van der Waals surface area contributed by atoms with Crippen molar-refractivity contribution < 1.29 is 4.79 Å². The van der Waals surface area contributed by atoms with Crippen molar-refractivity contribution in [3.63, 3.8) is 0 Å². The van der Waals surface area contributed by atoms with Gasteiger partial charge in [-0.1, -0.05) is 29.4 Å². The molecule has 2 heterocycles. The van der Waals surface area contributed by atoms with E-state index in [1.807, 2.05) is 47.9 Å². The zero-order valence-corrected chi connectivity index (χ0v) is 13.5. The number of hydrogen-bond acceptors (Lipinski definition) is 3. The van der Waals surface area contributed by atoms with Gasteiger partial charge in [0.25, 0.3) is 0 Å². The van der Waals surface area contributed by atoms with Crippen molar-refractivity contribution in [2.45, 2.75) is 12.1 Å². The average molecular weight is 332 g/mol. The minimum Gasteiger partial charge on any atom is -0.325 e. The number of benzene rings is 1. The fourth-order valence-electron chi connectivity index (χ4n) is 2.11. The van der Waals surface area contributed by atoms with Gasteiger partial charge in [0.2, 0.25) is 5.91 Å². The van der Waals surface area contributed by atoms with Crippen molar-refractivity contribution in [1.29, 1.82) is 0 Å². The van der Waals surface area contributed by atoms with Gasteiger partial charge in [-0.3, -0.25) is 9.20 Å². The Bertz CT molecular complexity index is 831. The number of pyridine rings is 1. The van der Waals surface area contributed by atoms with Crippen molar-refractivity contribution in [3.8, 4) is 0 Å². The van der Waals surface area contributed by atoms with Gasteiger partial charge in [0.15, 0.2) is 5.16 Å². The largest absolute Gasteiger partial charge is 0.325 e. The number of anilines is 1. The summed E-state index contributed by atoms with van der Waals surface area (Å²) < 4.78 is 1.96. The second-order valence-corrected chi connectivity index (χ2v) is 6.21. The molecular formula is C16H14ClN3OS. The van der Waals surface area contributed by atoms with Gasteiger partial charge < -0.3 is 5.32 Å². The highest BCUT2D eigenvalue weighted by molar-refractivity contribution is 7.99. The Morgan fingerprint density at radius 2 is 2.23 bits per heavy atom. The Balaban J connectivity index is 1.65. The van der Waals surface area contributed by atoms with Crippen LogP contribution in [0.2, 0.25) is 5.02 Å². The molecule has 1 N–H and O–H groups in total. The Kier molecular flexibility index (Phi) is 4.36. The van der Waals surface area contributed by atoms with Gasteiger partial charge in [0.1, 0.15) is 0 Å². The van der Waals surface area contributed by atoms with E-state index in [-0.39, 0.29) is 5.91 Å². The van der Waals surface area contributed by atoms with Crippen molar-refractivity contribution >= 4 is 40.5 Å². The summed E-state index contributed by atoms with van der Waals surface area (Å²) in [5, 5.41) is 4.36. The first kappa shape index (κ1) is 14.9. The summed E-state index contributed by atoms with van der Waals surface area (Å²) in [6, 6.07) is 11.3. The standard InChI is InChI=1S/C16H14ClN3OS/c1-11-8-12(17)5-6-14(11)19-15(21)10-22-16-18-9-13-4-2-3-7-20(13)16/h2-9H,10H2,1H3,(H,19,21). The van der Waals surface area contributed by atoms with Crippen LogP contribution in [0.3, 0.4) is 0 Å². The molecule has 6 heteroatoms. The number of nitrogens with one attached hydrogen (secondary N) is 1. The van der Waals surface area contributed by atoms with Crippen molar-refractivity contribution in [1.82, 2.24) is 9.38 Å². The van der Waals surface area contributed by atoms with E-state index >= 15 is 0 Å². The summed E-state index contributed by atoms with van der Waals surface area (Å²) in [6.45, 7) is 1.91. The highest BCUT2D eigenvalue weighted by Crippen LogP contribution is 2.21. The Morgan fingerprint density at radius 3 is 3.05 bits per heavy atom. The van der Waals surface area contributed by atoms with Crippen molar-refractivity contribution in [2.24, 2.45) is 0 Å². The maximum atomic E-state index is 12.1. The normalized spacial score (nSPS) is 10.8. The van der Waals surface area contributed by atoms with Crippen LogP contribution in [0.1, 0.15) is 5.56 Å². The van der Waals surface area contributed by atoms with Crippen LogP contribution in [0.15, 0.2) is 53.9 Å². The summed E-state index contributed by atoms with van der Waals surface area (Å²) >= 11 is 7.32. The fourth-order valence-corrected chi connectivity index (χ4v) is 3.10. The van der Waals surface area contributed by atoms with E-state index in [9.17, 15) is 4.79 Å². The molecule has 1 aromatic carbocycles. The number of imidazole rings is 1. The van der Waals surface area contributed by atoms with Crippen LogP contribution in [-0.4, -0.2) is 21.0 Å². The van der Waals surface area contributed by atoms with Gasteiger partial charge in [-0.15, -0.1) is 0 Å². The summed E-state index contributed by atoms with van der Waals surface area (Å²) in [4.78, 5) is 16.4. The predicted octanol–water partition coefficient (Wildman–Crippen LogP) is 4.03. The third-order valence-electron chi connectivity index (χ3n) is 3.20. The molecule has 0 bridgehead atoms. The van der Waals surface area contributed by atoms with E-state index in [1.54, 1.807) is 12.3 Å². The fraction of sp³-hybridized carbons (Fsp3) is 0.125. The molecule has 0 unspecified atom stereocenters. The average Bonchev–Trinajstić information content (AvgIpc) is 2.91. The summed E-state index contributed by atoms with van der Waals surface area (Å²) in [5.41, 5.74) is 2.74. The molecular weight excluding hydrogens is 318 g/mol. The second-order valence-electron chi connectivity index (χ2n) is 4.83. The van der Waals surface area contributed by atoms with E-state index < -0.39 is 0 Å². The highest BCUT2D eigenvalue weighted by atomic mass is 35.5. The summed E-state index contributed by atoms with van der Waals surface area (Å²) in [5.74, 6) is 0.235. The lowest BCUT2D eigenvalue weighted by atomic mass is 10.2. The molecule has 3 rings (SSSR count). The number of fused-ring (bicyclic) bond motifs is 1. The van der Waals surface area contributed by atoms with Gasteiger partial charge in [0, 0.05) is 16.9 Å². The number of carbonyl (C=O) groups excluding carboxylic acids is 1. The van der Waals surface area contributed by atoms with Gasteiger partial charge in [0.05, 0.1) is 17.5 Å². The number of rotatable bonds is 4. The van der Waals surface area contributed by atoms with Crippen LogP contribution in [0.25, 0.3) is 5.52 Å². The van der Waals surface area contributed by atoms with Crippen LogP contribution in [0, 0.1) is 6.92 Å². The van der Waals surface area contributed by atoms with Gasteiger partial charge >= 0.3 is 0 Å². The van der Waals surface area contributed by atoms with E-state index in [0.29, 0.717) is 10.8 Å². The minimum absolute atomic E-state index is 0.0666. The van der Waals surface area contributed by atoms with Crippen LogP contribution < -0.4 is 5.32 Å².